The molecule has 4 nitrogen and oxygen atoms in total. The summed E-state index contributed by atoms with van der Waals surface area (Å²) in [5.41, 5.74) is 1.13. The average molecular weight is 321 g/mol. The number of benzene rings is 1. The second kappa shape index (κ2) is 4.99. The van der Waals surface area contributed by atoms with Crippen LogP contribution in [0, 0.1) is 0 Å². The van der Waals surface area contributed by atoms with Crippen LogP contribution in [0.4, 0.5) is 0 Å². The SMILES string of the molecule is Brc1ccccc1Cn1nnc(-c2cccs2)n1. The number of rotatable bonds is 3. The molecule has 18 heavy (non-hydrogen) atoms. The topological polar surface area (TPSA) is 43.6 Å². The Labute approximate surface area is 116 Å². The molecule has 0 spiro atoms. The normalized spacial score (nSPS) is 10.7. The summed E-state index contributed by atoms with van der Waals surface area (Å²) in [6, 6.07) is 12.0. The second-order valence-electron chi connectivity index (χ2n) is 3.71. The summed E-state index contributed by atoms with van der Waals surface area (Å²) >= 11 is 5.12. The summed E-state index contributed by atoms with van der Waals surface area (Å²) in [5, 5.41) is 14.5. The predicted molar refractivity (Wildman–Crippen MR) is 74.4 cm³/mol. The summed E-state index contributed by atoms with van der Waals surface area (Å²) < 4.78 is 1.06. The van der Waals surface area contributed by atoms with Gasteiger partial charge in [0.15, 0.2) is 0 Å². The van der Waals surface area contributed by atoms with Crippen LogP contribution < -0.4 is 0 Å². The number of hydrogen-bond acceptors (Lipinski definition) is 4. The molecule has 90 valence electrons. The van der Waals surface area contributed by atoms with E-state index in [1.165, 1.54) is 0 Å². The van der Waals surface area contributed by atoms with Crippen molar-refractivity contribution in [1.29, 1.82) is 0 Å². The van der Waals surface area contributed by atoms with Gasteiger partial charge in [0.05, 0.1) is 11.4 Å². The Kier molecular flexibility index (Phi) is 3.21. The minimum Gasteiger partial charge on any atom is -0.159 e. The zero-order valence-electron chi connectivity index (χ0n) is 9.32. The monoisotopic (exact) mass is 320 g/mol. The van der Waals surface area contributed by atoms with Crippen molar-refractivity contribution in [2.45, 2.75) is 6.54 Å². The first kappa shape index (κ1) is 11.6. The smallest absolute Gasteiger partial charge is 0.159 e. The molecule has 0 radical (unpaired) electrons. The van der Waals surface area contributed by atoms with E-state index in [0.717, 1.165) is 14.9 Å². The van der Waals surface area contributed by atoms with Gasteiger partial charge in [0.1, 0.15) is 0 Å². The van der Waals surface area contributed by atoms with Crippen LogP contribution in [0.25, 0.3) is 10.7 Å². The van der Waals surface area contributed by atoms with Crippen molar-refractivity contribution < 1.29 is 0 Å². The molecule has 0 bridgehead atoms. The molecule has 6 heteroatoms. The summed E-state index contributed by atoms with van der Waals surface area (Å²) in [6.45, 7) is 0.611. The van der Waals surface area contributed by atoms with Crippen molar-refractivity contribution >= 4 is 27.3 Å². The molecule has 2 heterocycles. The zero-order chi connectivity index (χ0) is 12.4. The van der Waals surface area contributed by atoms with Gasteiger partial charge in [0, 0.05) is 4.47 Å². The van der Waals surface area contributed by atoms with E-state index < -0.39 is 0 Å². The maximum absolute atomic E-state index is 4.37. The molecule has 0 aliphatic rings. The minimum atomic E-state index is 0.611. The van der Waals surface area contributed by atoms with Gasteiger partial charge in [-0.15, -0.1) is 21.5 Å². The fraction of sp³-hybridized carbons (Fsp3) is 0.0833. The maximum Gasteiger partial charge on any atom is 0.214 e. The van der Waals surface area contributed by atoms with E-state index in [1.54, 1.807) is 16.1 Å². The molecule has 0 N–H and O–H groups in total. The fourth-order valence-electron chi connectivity index (χ4n) is 1.59. The first-order valence-corrected chi connectivity index (χ1v) is 7.05. The molecule has 2 aromatic heterocycles. The lowest BCUT2D eigenvalue weighted by Gasteiger charge is -2.01. The maximum atomic E-state index is 4.37. The molecule has 1 aromatic carbocycles. The van der Waals surface area contributed by atoms with Gasteiger partial charge in [-0.1, -0.05) is 40.2 Å². The number of hydrogen-bond donors (Lipinski definition) is 0. The third-order valence-corrected chi connectivity index (χ3v) is 4.10. The lowest BCUT2D eigenvalue weighted by molar-refractivity contribution is 0.571. The van der Waals surface area contributed by atoms with Crippen molar-refractivity contribution in [3.8, 4) is 10.7 Å². The van der Waals surface area contributed by atoms with Crippen LogP contribution in [0.5, 0.6) is 0 Å². The van der Waals surface area contributed by atoms with E-state index >= 15 is 0 Å². The van der Waals surface area contributed by atoms with E-state index in [9.17, 15) is 0 Å². The molecule has 0 amide bonds. The number of aromatic nitrogens is 4. The third kappa shape index (κ3) is 2.34. The van der Waals surface area contributed by atoms with Crippen LogP contribution in [-0.4, -0.2) is 20.2 Å². The largest absolute Gasteiger partial charge is 0.214 e. The third-order valence-electron chi connectivity index (χ3n) is 2.46. The minimum absolute atomic E-state index is 0.611. The van der Waals surface area contributed by atoms with Crippen molar-refractivity contribution in [3.63, 3.8) is 0 Å². The van der Waals surface area contributed by atoms with Gasteiger partial charge in [-0.25, -0.2) is 0 Å². The number of nitrogens with zero attached hydrogens (tertiary/aromatic N) is 4. The number of thiophene rings is 1. The fourth-order valence-corrected chi connectivity index (χ4v) is 2.65. The van der Waals surface area contributed by atoms with E-state index in [4.69, 9.17) is 0 Å². The Bertz CT molecular complexity index is 648. The Morgan fingerprint density at radius 1 is 1.17 bits per heavy atom. The second-order valence-corrected chi connectivity index (χ2v) is 5.51. The van der Waals surface area contributed by atoms with E-state index in [-0.39, 0.29) is 0 Å². The zero-order valence-corrected chi connectivity index (χ0v) is 11.7. The molecular formula is C12H9BrN4S. The van der Waals surface area contributed by atoms with E-state index in [0.29, 0.717) is 12.4 Å². The van der Waals surface area contributed by atoms with Crippen molar-refractivity contribution in [3.05, 3.63) is 51.8 Å². The highest BCUT2D eigenvalue weighted by Gasteiger charge is 2.07. The molecule has 0 fully saturated rings. The lowest BCUT2D eigenvalue weighted by Crippen LogP contribution is -2.04. The summed E-state index contributed by atoms with van der Waals surface area (Å²) in [5.74, 6) is 0.678. The van der Waals surface area contributed by atoms with Crippen LogP contribution in [0.15, 0.2) is 46.3 Å². The van der Waals surface area contributed by atoms with E-state index in [1.807, 2.05) is 41.8 Å². The van der Waals surface area contributed by atoms with Crippen LogP contribution in [0.3, 0.4) is 0 Å². The molecule has 3 rings (SSSR count). The van der Waals surface area contributed by atoms with Gasteiger partial charge in [0.2, 0.25) is 5.82 Å². The molecule has 0 aliphatic carbocycles. The van der Waals surface area contributed by atoms with Crippen molar-refractivity contribution in [2.24, 2.45) is 0 Å². The average Bonchev–Trinajstić information content (AvgIpc) is 3.02. The van der Waals surface area contributed by atoms with E-state index in [2.05, 4.69) is 31.3 Å². The Morgan fingerprint density at radius 3 is 2.83 bits per heavy atom. The highest BCUT2D eigenvalue weighted by atomic mass is 79.9. The van der Waals surface area contributed by atoms with Gasteiger partial charge < -0.3 is 0 Å². The van der Waals surface area contributed by atoms with Gasteiger partial charge in [0.25, 0.3) is 0 Å². The number of tetrazole rings is 1. The molecule has 0 unspecified atom stereocenters. The summed E-state index contributed by atoms with van der Waals surface area (Å²) in [6.07, 6.45) is 0. The molecule has 0 aliphatic heterocycles. The Hall–Kier alpha value is -1.53. The summed E-state index contributed by atoms with van der Waals surface area (Å²) in [4.78, 5) is 2.64. The Balaban J connectivity index is 1.85. The van der Waals surface area contributed by atoms with Gasteiger partial charge in [-0.3, -0.25) is 0 Å². The predicted octanol–water partition coefficient (Wildman–Crippen LogP) is 3.21. The van der Waals surface area contributed by atoms with Gasteiger partial charge in [-0.05, 0) is 28.3 Å². The summed E-state index contributed by atoms with van der Waals surface area (Å²) in [7, 11) is 0. The first-order chi connectivity index (χ1) is 8.83. The highest BCUT2D eigenvalue weighted by Crippen LogP contribution is 2.20. The highest BCUT2D eigenvalue weighted by molar-refractivity contribution is 9.10. The van der Waals surface area contributed by atoms with Crippen LogP contribution >= 0.6 is 27.3 Å². The van der Waals surface area contributed by atoms with Crippen LogP contribution in [-0.2, 0) is 6.54 Å². The van der Waals surface area contributed by atoms with Crippen LogP contribution in [0.1, 0.15) is 5.56 Å². The van der Waals surface area contributed by atoms with Gasteiger partial charge >= 0.3 is 0 Å². The van der Waals surface area contributed by atoms with Crippen molar-refractivity contribution in [1.82, 2.24) is 20.2 Å². The van der Waals surface area contributed by atoms with Gasteiger partial charge in [-0.2, -0.15) is 4.80 Å². The molecule has 3 aromatic rings. The molecule has 0 atom stereocenters. The standard InChI is InChI=1S/C12H9BrN4S/c13-10-5-2-1-4-9(10)8-17-15-12(14-16-17)11-6-3-7-18-11/h1-7H,8H2. The quantitative estimate of drug-likeness (QED) is 0.744. The van der Waals surface area contributed by atoms with Crippen LogP contribution in [0.2, 0.25) is 0 Å². The first-order valence-electron chi connectivity index (χ1n) is 5.38. The lowest BCUT2D eigenvalue weighted by atomic mass is 10.2. The van der Waals surface area contributed by atoms with Crippen molar-refractivity contribution in [2.75, 3.05) is 0 Å². The Morgan fingerprint density at radius 2 is 2.06 bits per heavy atom. The molecule has 0 saturated heterocycles. The number of halogens is 1. The molecular weight excluding hydrogens is 312 g/mol. The molecule has 0 saturated carbocycles.